The number of nitrogens with zero attached hydrogens (tertiary/aromatic N) is 9. The van der Waals surface area contributed by atoms with Crippen molar-refractivity contribution in [2.24, 2.45) is 14.1 Å². The molecular weight excluding hydrogens is 888 g/mol. The van der Waals surface area contributed by atoms with Crippen LogP contribution < -0.4 is 21.6 Å². The maximum Gasteiger partial charge on any atom is 0.345 e. The maximum atomic E-state index is 13.4. The quantitative estimate of drug-likeness (QED) is 0.221. The largest absolute Gasteiger partial charge is 0.362 e. The molecule has 0 saturated carbocycles. The molecule has 4 aromatic carbocycles. The Morgan fingerprint density at radius 1 is 0.635 bits per heavy atom. The van der Waals surface area contributed by atoms with Gasteiger partial charge in [0.1, 0.15) is 5.82 Å². The van der Waals surface area contributed by atoms with E-state index in [1.807, 2.05) is 60.7 Å². The van der Waals surface area contributed by atoms with Crippen LogP contribution in [0.5, 0.6) is 0 Å². The van der Waals surface area contributed by atoms with Crippen LogP contribution in [0.2, 0.25) is 0 Å². The summed E-state index contributed by atoms with van der Waals surface area (Å²) in [5.74, 6) is -4.13. The number of carbonyl (C=O) groups excluding carboxylic acids is 2. The lowest BCUT2D eigenvalue weighted by atomic mass is 10.0. The minimum absolute atomic E-state index is 0.0125. The van der Waals surface area contributed by atoms with Gasteiger partial charge in [-0.3, -0.25) is 18.7 Å². The Kier molecular flexibility index (Phi) is 12.3. The highest BCUT2D eigenvalue weighted by Gasteiger charge is 2.37. The predicted octanol–water partition coefficient (Wildman–Crippen LogP) is 5.79. The van der Waals surface area contributed by atoms with Gasteiger partial charge >= 0.3 is 11.4 Å². The Labute approximate surface area is 367 Å². The summed E-state index contributed by atoms with van der Waals surface area (Å²) in [5.41, 5.74) is 1.95. The van der Waals surface area contributed by atoms with Crippen LogP contribution in [0.1, 0.15) is 58.0 Å². The third kappa shape index (κ3) is 9.44. The molecule has 4 aliphatic heterocycles. The standard InChI is InChI=1S/C22H23F2N5O2.C16H14BrF2NO.C6H10N4O/c1-26-21(31)29-12-11-28(14-19(29)25-26)18-4-2-3-15-13-16(5-6-17(15)18)20(30)27-9-7-22(23,24)8-10-27;17-14-3-1-2-11-10-12(4-5-13(11)14)15(21)20-8-6-16(18,19)7-9-20;1-9-6(11)10-3-2-7-4-5(10)8-9/h2-6,13H,7-12,14H2,1H3;1-5,10H,6-9H2;7H,2-4H2,1H3. The molecule has 6 aromatic rings. The number of anilines is 1. The molecule has 1 N–H and O–H groups in total. The Bertz CT molecular complexity index is 2800. The first-order chi connectivity index (χ1) is 30.1. The van der Waals surface area contributed by atoms with Crippen LogP contribution in [0, 0.1) is 0 Å². The Morgan fingerprint density at radius 2 is 1.14 bits per heavy atom. The number of likely N-dealkylation sites (tertiary alicyclic amines) is 2. The molecule has 4 aliphatic rings. The average Bonchev–Trinajstić information content (AvgIpc) is 3.74. The number of rotatable bonds is 3. The van der Waals surface area contributed by atoms with E-state index in [1.165, 1.54) is 19.2 Å². The molecule has 2 amide bonds. The fraction of sp³-hybridized carbons (Fsp3) is 0.409. The van der Waals surface area contributed by atoms with Crippen molar-refractivity contribution in [1.29, 1.82) is 0 Å². The van der Waals surface area contributed by atoms with Crippen molar-refractivity contribution in [1.82, 2.24) is 43.8 Å². The zero-order valence-corrected chi connectivity index (χ0v) is 36.5. The number of hydrogen-bond acceptors (Lipinski definition) is 8. The number of fused-ring (bicyclic) bond motifs is 4. The number of piperidine rings is 2. The highest BCUT2D eigenvalue weighted by atomic mass is 79.9. The minimum atomic E-state index is -2.68. The lowest BCUT2D eigenvalue weighted by molar-refractivity contribution is -0.0503. The van der Waals surface area contributed by atoms with E-state index in [0.717, 1.165) is 56.4 Å². The van der Waals surface area contributed by atoms with Gasteiger partial charge in [0.15, 0.2) is 5.82 Å². The molecule has 0 radical (unpaired) electrons. The van der Waals surface area contributed by atoms with Gasteiger partial charge in [-0.1, -0.05) is 52.3 Å². The van der Waals surface area contributed by atoms with E-state index in [2.05, 4.69) is 36.3 Å². The van der Waals surface area contributed by atoms with Gasteiger partial charge in [0.2, 0.25) is 0 Å². The van der Waals surface area contributed by atoms with Gasteiger partial charge in [-0.25, -0.2) is 36.5 Å². The monoisotopic (exact) mass is 934 g/mol. The summed E-state index contributed by atoms with van der Waals surface area (Å²) in [6.45, 7) is 4.45. The van der Waals surface area contributed by atoms with Crippen molar-refractivity contribution in [2.45, 2.75) is 63.7 Å². The third-order valence-electron chi connectivity index (χ3n) is 12.0. The molecule has 10 rings (SSSR count). The summed E-state index contributed by atoms with van der Waals surface area (Å²) in [5, 5.41) is 15.4. The smallest absolute Gasteiger partial charge is 0.345 e. The van der Waals surface area contributed by atoms with Gasteiger partial charge in [0.05, 0.1) is 13.1 Å². The molecule has 332 valence electrons. The van der Waals surface area contributed by atoms with Gasteiger partial charge in [-0.05, 0) is 52.6 Å². The van der Waals surface area contributed by atoms with Crippen LogP contribution in [0.25, 0.3) is 21.5 Å². The van der Waals surface area contributed by atoms with Crippen molar-refractivity contribution in [3.8, 4) is 0 Å². The van der Waals surface area contributed by atoms with Gasteiger partial charge < -0.3 is 20.0 Å². The lowest BCUT2D eigenvalue weighted by Crippen LogP contribution is -2.42. The van der Waals surface area contributed by atoms with Crippen molar-refractivity contribution in [2.75, 3.05) is 44.2 Å². The summed E-state index contributed by atoms with van der Waals surface area (Å²) in [6, 6.07) is 22.6. The molecule has 0 atom stereocenters. The zero-order valence-electron chi connectivity index (χ0n) is 34.9. The number of amides is 2. The number of nitrogens with one attached hydrogen (secondary N) is 1. The molecular formula is C44H47BrF4N10O4. The maximum absolute atomic E-state index is 13.4. The first-order valence-corrected chi connectivity index (χ1v) is 21.6. The highest BCUT2D eigenvalue weighted by Crippen LogP contribution is 2.33. The fourth-order valence-corrected chi connectivity index (χ4v) is 8.88. The molecule has 2 saturated heterocycles. The average molecular weight is 936 g/mol. The molecule has 2 fully saturated rings. The number of halogens is 5. The second-order valence-electron chi connectivity index (χ2n) is 16.2. The Hall–Kier alpha value is -5.82. The van der Waals surface area contributed by atoms with E-state index in [1.54, 1.807) is 35.4 Å². The molecule has 6 heterocycles. The number of benzene rings is 4. The molecule has 0 bridgehead atoms. The normalized spacial score (nSPS) is 17.9. The summed E-state index contributed by atoms with van der Waals surface area (Å²) in [6.07, 6.45) is -1.08. The molecule has 2 aromatic heterocycles. The topological polar surface area (TPSA) is 136 Å². The lowest BCUT2D eigenvalue weighted by Gasteiger charge is -2.32. The second kappa shape index (κ2) is 17.7. The van der Waals surface area contributed by atoms with Crippen LogP contribution >= 0.6 is 15.9 Å². The third-order valence-corrected chi connectivity index (χ3v) is 12.7. The van der Waals surface area contributed by atoms with Gasteiger partial charge in [-0.2, -0.15) is 10.2 Å². The zero-order chi connectivity index (χ0) is 44.6. The molecule has 19 heteroatoms. The van der Waals surface area contributed by atoms with Crippen molar-refractivity contribution in [3.63, 3.8) is 0 Å². The van der Waals surface area contributed by atoms with Crippen LogP contribution in [-0.2, 0) is 40.3 Å². The number of aryl methyl sites for hydroxylation is 2. The van der Waals surface area contributed by atoms with E-state index in [0.29, 0.717) is 37.3 Å². The van der Waals surface area contributed by atoms with Crippen LogP contribution in [-0.4, -0.2) is 101 Å². The van der Waals surface area contributed by atoms with Gasteiger partial charge in [0, 0.05) is 119 Å². The van der Waals surface area contributed by atoms with E-state index in [4.69, 9.17) is 0 Å². The molecule has 14 nitrogen and oxygen atoms in total. The minimum Gasteiger partial charge on any atom is -0.362 e. The summed E-state index contributed by atoms with van der Waals surface area (Å²) < 4.78 is 60.3. The summed E-state index contributed by atoms with van der Waals surface area (Å²) in [4.78, 5) is 53.8. The van der Waals surface area contributed by atoms with E-state index in [9.17, 15) is 36.7 Å². The highest BCUT2D eigenvalue weighted by molar-refractivity contribution is 9.10. The summed E-state index contributed by atoms with van der Waals surface area (Å²) >= 11 is 3.47. The SMILES string of the molecule is Cn1nc2n(c1=O)CCN(c1cccc3cc(C(=O)N4CCC(F)(F)CC4)ccc13)C2.Cn1nc2n(c1=O)CCNC2.O=C(c1ccc2c(Br)cccc2c1)N1CCC(F)(F)CC1. The van der Waals surface area contributed by atoms with E-state index in [-0.39, 0.29) is 75.1 Å². The van der Waals surface area contributed by atoms with Crippen LogP contribution in [0.3, 0.4) is 0 Å². The van der Waals surface area contributed by atoms with Crippen molar-refractivity contribution in [3.05, 3.63) is 121 Å². The summed E-state index contributed by atoms with van der Waals surface area (Å²) in [7, 11) is 3.32. The Morgan fingerprint density at radius 3 is 1.71 bits per heavy atom. The fourth-order valence-electron chi connectivity index (χ4n) is 8.37. The van der Waals surface area contributed by atoms with Gasteiger partial charge in [0.25, 0.3) is 23.7 Å². The van der Waals surface area contributed by atoms with Crippen LogP contribution in [0.4, 0.5) is 23.2 Å². The first-order valence-electron chi connectivity index (χ1n) is 20.8. The van der Waals surface area contributed by atoms with E-state index < -0.39 is 11.8 Å². The number of aromatic nitrogens is 6. The second-order valence-corrected chi connectivity index (χ2v) is 17.1. The first kappa shape index (κ1) is 43.8. The van der Waals surface area contributed by atoms with Gasteiger partial charge in [-0.15, -0.1) is 0 Å². The van der Waals surface area contributed by atoms with Crippen molar-refractivity contribution >= 4 is 55.0 Å². The van der Waals surface area contributed by atoms with Crippen LogP contribution in [0.15, 0.2) is 86.9 Å². The predicted molar refractivity (Wildman–Crippen MR) is 233 cm³/mol. The number of alkyl halides is 4. The van der Waals surface area contributed by atoms with Crippen molar-refractivity contribution < 1.29 is 27.2 Å². The molecule has 0 aliphatic carbocycles. The molecule has 0 spiro atoms. The molecule has 63 heavy (non-hydrogen) atoms. The molecule has 0 unspecified atom stereocenters. The number of carbonyl (C=O) groups is 2. The Balaban J connectivity index is 0.000000146. The number of hydrogen-bond donors (Lipinski definition) is 1. The van der Waals surface area contributed by atoms with E-state index >= 15 is 0 Å².